The van der Waals surface area contributed by atoms with Crippen molar-refractivity contribution in [1.29, 1.82) is 0 Å². The highest BCUT2D eigenvalue weighted by molar-refractivity contribution is 6.02. The van der Waals surface area contributed by atoms with Gasteiger partial charge in [-0.2, -0.15) is 0 Å². The molecule has 0 bridgehead atoms. The number of rotatable bonds is 5. The van der Waals surface area contributed by atoms with Gasteiger partial charge in [0.2, 0.25) is 0 Å². The van der Waals surface area contributed by atoms with Crippen LogP contribution in [0, 0.1) is 13.8 Å². The monoisotopic (exact) mass is 393 g/mol. The smallest absolute Gasteiger partial charge is 0.340 e. The Balaban J connectivity index is 1.79. The van der Waals surface area contributed by atoms with E-state index in [4.69, 9.17) is 9.15 Å². The minimum absolute atomic E-state index is 0.106. The maximum atomic E-state index is 13.3. The molecule has 7 heteroatoms. The Bertz CT molecular complexity index is 1050. The Morgan fingerprint density at radius 1 is 1.21 bits per heavy atom. The Morgan fingerprint density at radius 3 is 2.72 bits per heavy atom. The first-order valence-corrected chi connectivity index (χ1v) is 9.56. The third kappa shape index (κ3) is 3.29. The number of aromatic nitrogens is 1. The molecule has 2 aromatic heterocycles. The van der Waals surface area contributed by atoms with Gasteiger partial charge in [-0.3, -0.25) is 4.79 Å². The van der Waals surface area contributed by atoms with Crippen molar-refractivity contribution < 1.29 is 18.7 Å². The average molecular weight is 393 g/mol. The van der Waals surface area contributed by atoms with Crippen LogP contribution in [0.5, 0.6) is 0 Å². The van der Waals surface area contributed by atoms with Gasteiger partial charge in [-0.15, -0.1) is 0 Å². The molecule has 2 N–H and O–H groups in total. The molecular formula is C22H23N3O4. The number of amides is 1. The highest BCUT2D eigenvalue weighted by Gasteiger charge is 2.36. The molecule has 0 saturated carbocycles. The number of H-pyrrole nitrogens is 1. The van der Waals surface area contributed by atoms with Gasteiger partial charge in [0.05, 0.1) is 36.2 Å². The second kappa shape index (κ2) is 7.50. The fourth-order valence-electron chi connectivity index (χ4n) is 3.81. The van der Waals surface area contributed by atoms with E-state index in [-0.39, 0.29) is 11.9 Å². The Kier molecular flexibility index (Phi) is 4.88. The van der Waals surface area contributed by atoms with Gasteiger partial charge in [-0.05, 0) is 50.6 Å². The van der Waals surface area contributed by atoms with Crippen LogP contribution >= 0.6 is 0 Å². The van der Waals surface area contributed by atoms with Crippen molar-refractivity contribution in [1.82, 2.24) is 9.88 Å². The number of para-hydroxylation sites is 1. The largest absolute Gasteiger partial charge is 0.467 e. The number of aryl methyl sites for hydroxylation is 1. The number of aromatic amines is 1. The Morgan fingerprint density at radius 2 is 2.00 bits per heavy atom. The summed E-state index contributed by atoms with van der Waals surface area (Å²) < 4.78 is 10.7. The number of nitrogens with one attached hydrogen (secondary N) is 2. The number of ether oxygens (including phenoxy) is 1. The lowest BCUT2D eigenvalue weighted by Crippen LogP contribution is -2.42. The van der Waals surface area contributed by atoms with E-state index < -0.39 is 6.17 Å². The molecule has 7 nitrogen and oxygen atoms in total. The topological polar surface area (TPSA) is 87.6 Å². The summed E-state index contributed by atoms with van der Waals surface area (Å²) in [6, 6.07) is 11.0. The van der Waals surface area contributed by atoms with Gasteiger partial charge in [-0.25, -0.2) is 4.79 Å². The van der Waals surface area contributed by atoms with Crippen LogP contribution in [0.1, 0.15) is 56.5 Å². The van der Waals surface area contributed by atoms with Crippen LogP contribution in [-0.2, 0) is 11.3 Å². The number of esters is 1. The number of benzene rings is 1. The fourth-order valence-corrected chi connectivity index (χ4v) is 3.81. The normalized spacial score (nSPS) is 15.8. The van der Waals surface area contributed by atoms with E-state index in [2.05, 4.69) is 10.3 Å². The van der Waals surface area contributed by atoms with Crippen LogP contribution in [0.4, 0.5) is 5.69 Å². The summed E-state index contributed by atoms with van der Waals surface area (Å²) >= 11 is 0. The summed E-state index contributed by atoms with van der Waals surface area (Å²) in [7, 11) is 0. The van der Waals surface area contributed by atoms with Gasteiger partial charge < -0.3 is 24.4 Å². The molecule has 1 aromatic carbocycles. The van der Waals surface area contributed by atoms with Crippen molar-refractivity contribution in [2.75, 3.05) is 11.9 Å². The van der Waals surface area contributed by atoms with E-state index in [1.54, 1.807) is 30.2 Å². The van der Waals surface area contributed by atoms with E-state index >= 15 is 0 Å². The van der Waals surface area contributed by atoms with Crippen LogP contribution in [0.25, 0.3) is 0 Å². The number of hydrogen-bond acceptors (Lipinski definition) is 5. The summed E-state index contributed by atoms with van der Waals surface area (Å²) in [6.45, 7) is 6.07. The molecule has 1 atom stereocenters. The highest BCUT2D eigenvalue weighted by atomic mass is 16.5. The van der Waals surface area contributed by atoms with Crippen molar-refractivity contribution >= 4 is 17.6 Å². The van der Waals surface area contributed by atoms with Gasteiger partial charge in [0.15, 0.2) is 0 Å². The maximum absolute atomic E-state index is 13.3. The predicted octanol–water partition coefficient (Wildman–Crippen LogP) is 4.17. The zero-order valence-electron chi connectivity index (χ0n) is 16.6. The predicted molar refractivity (Wildman–Crippen MR) is 108 cm³/mol. The summed E-state index contributed by atoms with van der Waals surface area (Å²) in [5.74, 6) is 0.200. The molecule has 4 rings (SSSR count). The van der Waals surface area contributed by atoms with E-state index in [1.165, 1.54) is 0 Å². The van der Waals surface area contributed by atoms with Crippen LogP contribution in [0.2, 0.25) is 0 Å². The maximum Gasteiger partial charge on any atom is 0.340 e. The summed E-state index contributed by atoms with van der Waals surface area (Å²) in [5.41, 5.74) is 4.08. The quantitative estimate of drug-likeness (QED) is 0.635. The highest BCUT2D eigenvalue weighted by Crippen LogP contribution is 2.36. The zero-order valence-corrected chi connectivity index (χ0v) is 16.6. The molecule has 29 heavy (non-hydrogen) atoms. The molecule has 0 aliphatic carbocycles. The van der Waals surface area contributed by atoms with E-state index in [1.807, 2.05) is 38.1 Å². The molecule has 0 fully saturated rings. The molecule has 1 aliphatic rings. The standard InChI is InChI=1S/C22H23N3O4/c1-4-28-22(27)18-13(2)19(23-14(18)3)20-24-17-10-6-5-9-16(17)21(26)25(20)12-15-8-7-11-29-15/h5-11,20,23-24H,4,12H2,1-3H3/t20-/m1/s1. The Labute approximate surface area is 168 Å². The van der Waals surface area contributed by atoms with Gasteiger partial charge in [0.25, 0.3) is 5.91 Å². The lowest BCUT2D eigenvalue weighted by Gasteiger charge is -2.37. The molecule has 3 aromatic rings. The summed E-state index contributed by atoms with van der Waals surface area (Å²) in [5, 5.41) is 3.44. The van der Waals surface area contributed by atoms with Crippen molar-refractivity contribution in [3.8, 4) is 0 Å². The van der Waals surface area contributed by atoms with Crippen molar-refractivity contribution in [3.63, 3.8) is 0 Å². The summed E-state index contributed by atoms with van der Waals surface area (Å²) in [4.78, 5) is 30.7. The molecule has 0 spiro atoms. The number of nitrogens with zero attached hydrogens (tertiary/aromatic N) is 1. The molecule has 0 radical (unpaired) electrons. The van der Waals surface area contributed by atoms with E-state index in [0.29, 0.717) is 35.7 Å². The molecule has 0 unspecified atom stereocenters. The van der Waals surface area contributed by atoms with E-state index in [0.717, 1.165) is 16.9 Å². The van der Waals surface area contributed by atoms with Crippen LogP contribution in [0.15, 0.2) is 47.1 Å². The zero-order chi connectivity index (χ0) is 20.5. The van der Waals surface area contributed by atoms with Crippen molar-refractivity contribution in [2.45, 2.75) is 33.5 Å². The van der Waals surface area contributed by atoms with Crippen LogP contribution in [-0.4, -0.2) is 28.4 Å². The Hall–Kier alpha value is -3.48. The van der Waals surface area contributed by atoms with Gasteiger partial charge in [-0.1, -0.05) is 12.1 Å². The average Bonchev–Trinajstić information content (AvgIpc) is 3.31. The molecule has 3 heterocycles. The first kappa shape index (κ1) is 18.9. The van der Waals surface area contributed by atoms with Crippen LogP contribution < -0.4 is 5.32 Å². The first-order valence-electron chi connectivity index (χ1n) is 9.56. The van der Waals surface area contributed by atoms with Crippen molar-refractivity contribution in [3.05, 3.63) is 76.5 Å². The lowest BCUT2D eigenvalue weighted by molar-refractivity contribution is 0.0525. The molecule has 1 amide bonds. The number of carbonyl (C=O) groups excluding carboxylic acids is 2. The number of carbonyl (C=O) groups is 2. The SMILES string of the molecule is CCOC(=O)c1c(C)[nH]c([C@@H]2Nc3ccccc3C(=O)N2Cc2ccco2)c1C. The van der Waals surface area contributed by atoms with E-state index in [9.17, 15) is 9.59 Å². The van der Waals surface area contributed by atoms with Crippen LogP contribution in [0.3, 0.4) is 0 Å². The second-order valence-corrected chi connectivity index (χ2v) is 6.99. The first-order chi connectivity index (χ1) is 14.0. The number of anilines is 1. The molecule has 0 saturated heterocycles. The number of fused-ring (bicyclic) bond motifs is 1. The fraction of sp³-hybridized carbons (Fsp3) is 0.273. The second-order valence-electron chi connectivity index (χ2n) is 6.99. The molecule has 150 valence electrons. The summed E-state index contributed by atoms with van der Waals surface area (Å²) in [6.07, 6.45) is 1.10. The third-order valence-corrected chi connectivity index (χ3v) is 5.16. The lowest BCUT2D eigenvalue weighted by atomic mass is 10.0. The van der Waals surface area contributed by atoms with Gasteiger partial charge >= 0.3 is 5.97 Å². The minimum atomic E-state index is -0.482. The third-order valence-electron chi connectivity index (χ3n) is 5.16. The molecule has 1 aliphatic heterocycles. The number of furan rings is 1. The van der Waals surface area contributed by atoms with Gasteiger partial charge in [0, 0.05) is 11.4 Å². The minimum Gasteiger partial charge on any atom is -0.467 e. The van der Waals surface area contributed by atoms with Gasteiger partial charge in [0.1, 0.15) is 11.9 Å². The van der Waals surface area contributed by atoms with Crippen molar-refractivity contribution in [2.24, 2.45) is 0 Å². The molecular weight excluding hydrogens is 370 g/mol. The number of hydrogen-bond donors (Lipinski definition) is 2.